The van der Waals surface area contributed by atoms with Crippen LogP contribution in [0.2, 0.25) is 0 Å². The molecule has 2 saturated heterocycles. The fourth-order valence-electron chi connectivity index (χ4n) is 3.07. The predicted molar refractivity (Wildman–Crippen MR) is 70.0 cm³/mol. The van der Waals surface area contributed by atoms with Crippen molar-refractivity contribution >= 4 is 11.8 Å². The van der Waals surface area contributed by atoms with Crippen molar-refractivity contribution in [3.8, 4) is 0 Å². The molecule has 102 valence electrons. The molecule has 2 aliphatic rings. The average Bonchev–Trinajstić information content (AvgIpc) is 2.71. The molecule has 2 aliphatic heterocycles. The molecule has 0 aliphatic carbocycles. The van der Waals surface area contributed by atoms with Crippen LogP contribution in [0.4, 0.5) is 0 Å². The first-order chi connectivity index (χ1) is 8.61. The van der Waals surface area contributed by atoms with Gasteiger partial charge in [-0.15, -0.1) is 0 Å². The largest absolute Gasteiger partial charge is 0.342 e. The number of rotatable bonds is 3. The van der Waals surface area contributed by atoms with Crippen LogP contribution in [0.25, 0.3) is 0 Å². The normalized spacial score (nSPS) is 28.9. The fourth-order valence-corrected chi connectivity index (χ4v) is 3.07. The van der Waals surface area contributed by atoms with E-state index in [9.17, 15) is 9.59 Å². The summed E-state index contributed by atoms with van der Waals surface area (Å²) in [5.74, 6) is 0.870. The maximum absolute atomic E-state index is 12.4. The molecule has 2 rings (SSSR count). The highest BCUT2D eigenvalue weighted by Crippen LogP contribution is 2.23. The van der Waals surface area contributed by atoms with E-state index in [0.29, 0.717) is 18.9 Å². The molecule has 2 atom stereocenters. The molecule has 0 aromatic heterocycles. The van der Waals surface area contributed by atoms with Crippen LogP contribution >= 0.6 is 0 Å². The van der Waals surface area contributed by atoms with Crippen LogP contribution in [0, 0.1) is 11.8 Å². The van der Waals surface area contributed by atoms with Crippen molar-refractivity contribution in [1.29, 1.82) is 0 Å². The first-order valence-corrected chi connectivity index (χ1v) is 7.18. The molecule has 0 aromatic carbocycles. The average molecular weight is 252 g/mol. The quantitative estimate of drug-likeness (QED) is 0.764. The molecule has 0 aromatic rings. The smallest absolute Gasteiger partial charge is 0.228 e. The number of likely N-dealkylation sites (tertiary alicyclic amines) is 2. The van der Waals surface area contributed by atoms with Gasteiger partial charge in [-0.25, -0.2) is 0 Å². The highest BCUT2D eigenvalue weighted by atomic mass is 16.2. The Labute approximate surface area is 109 Å². The molecule has 0 N–H and O–H groups in total. The molecule has 0 spiro atoms. The highest BCUT2D eigenvalue weighted by molar-refractivity contribution is 5.89. The van der Waals surface area contributed by atoms with Gasteiger partial charge in [0.2, 0.25) is 11.8 Å². The predicted octanol–water partition coefficient (Wildman–Crippen LogP) is 1.50. The summed E-state index contributed by atoms with van der Waals surface area (Å²) in [7, 11) is 0. The summed E-state index contributed by atoms with van der Waals surface area (Å²) in [6, 6.07) is 0. The van der Waals surface area contributed by atoms with Crippen molar-refractivity contribution in [1.82, 2.24) is 9.80 Å². The Morgan fingerprint density at radius 2 is 2.17 bits per heavy atom. The monoisotopic (exact) mass is 252 g/mol. The van der Waals surface area contributed by atoms with E-state index in [1.807, 2.05) is 9.80 Å². The van der Waals surface area contributed by atoms with Gasteiger partial charge < -0.3 is 9.80 Å². The summed E-state index contributed by atoms with van der Waals surface area (Å²) >= 11 is 0. The zero-order valence-corrected chi connectivity index (χ0v) is 11.5. The molecule has 0 radical (unpaired) electrons. The Bertz CT molecular complexity index is 330. The maximum Gasteiger partial charge on any atom is 0.228 e. The van der Waals surface area contributed by atoms with Crippen molar-refractivity contribution in [2.24, 2.45) is 11.8 Å². The zero-order chi connectivity index (χ0) is 13.1. The molecule has 4 heteroatoms. The molecule has 2 fully saturated rings. The Morgan fingerprint density at radius 3 is 2.83 bits per heavy atom. The van der Waals surface area contributed by atoms with Crippen molar-refractivity contribution in [3.63, 3.8) is 0 Å². The first-order valence-electron chi connectivity index (χ1n) is 7.18. The van der Waals surface area contributed by atoms with Gasteiger partial charge in [-0.05, 0) is 25.2 Å². The van der Waals surface area contributed by atoms with Crippen molar-refractivity contribution < 1.29 is 9.59 Å². The van der Waals surface area contributed by atoms with Gasteiger partial charge in [-0.2, -0.15) is 0 Å². The zero-order valence-electron chi connectivity index (χ0n) is 11.5. The van der Waals surface area contributed by atoms with Crippen LogP contribution in [0.15, 0.2) is 0 Å². The summed E-state index contributed by atoms with van der Waals surface area (Å²) in [6.07, 6.45) is 3.71. The third-order valence-corrected chi connectivity index (χ3v) is 4.03. The fraction of sp³-hybridized carbons (Fsp3) is 0.857. The molecule has 0 unspecified atom stereocenters. The van der Waals surface area contributed by atoms with Gasteiger partial charge in [0.25, 0.3) is 0 Å². The molecule has 18 heavy (non-hydrogen) atoms. The second kappa shape index (κ2) is 5.72. The molecule has 2 amide bonds. The number of amides is 2. The second-order valence-electron chi connectivity index (χ2n) is 5.77. The van der Waals surface area contributed by atoms with Gasteiger partial charge in [0.05, 0.1) is 5.92 Å². The summed E-state index contributed by atoms with van der Waals surface area (Å²) in [4.78, 5) is 28.0. The topological polar surface area (TPSA) is 40.6 Å². The summed E-state index contributed by atoms with van der Waals surface area (Å²) in [6.45, 7) is 7.44. The number of carbonyl (C=O) groups is 2. The number of nitrogens with zero attached hydrogens (tertiary/aromatic N) is 2. The Kier molecular flexibility index (Phi) is 4.25. The number of piperidine rings is 1. The van der Waals surface area contributed by atoms with Crippen molar-refractivity contribution in [3.05, 3.63) is 0 Å². The summed E-state index contributed by atoms with van der Waals surface area (Å²) < 4.78 is 0. The lowest BCUT2D eigenvalue weighted by Gasteiger charge is -2.32. The van der Waals surface area contributed by atoms with Gasteiger partial charge in [0.15, 0.2) is 0 Å². The Morgan fingerprint density at radius 1 is 1.39 bits per heavy atom. The Balaban J connectivity index is 1.92. The van der Waals surface area contributed by atoms with Gasteiger partial charge in [0.1, 0.15) is 0 Å². The Hall–Kier alpha value is -1.06. The molecule has 2 heterocycles. The third-order valence-electron chi connectivity index (χ3n) is 4.03. The number of hydrogen-bond acceptors (Lipinski definition) is 2. The molecular weight excluding hydrogens is 228 g/mol. The lowest BCUT2D eigenvalue weighted by molar-refractivity contribution is -0.137. The minimum absolute atomic E-state index is 0.0886. The van der Waals surface area contributed by atoms with Gasteiger partial charge >= 0.3 is 0 Å². The maximum atomic E-state index is 12.4. The van der Waals surface area contributed by atoms with Gasteiger partial charge in [-0.3, -0.25) is 9.59 Å². The van der Waals surface area contributed by atoms with E-state index in [0.717, 1.165) is 32.5 Å². The minimum atomic E-state index is -0.0886. The van der Waals surface area contributed by atoms with E-state index >= 15 is 0 Å². The van der Waals surface area contributed by atoms with Crippen LogP contribution < -0.4 is 0 Å². The number of carbonyl (C=O) groups excluding carboxylic acids is 2. The summed E-state index contributed by atoms with van der Waals surface area (Å²) in [5.41, 5.74) is 0. The molecule has 0 saturated carbocycles. The van der Waals surface area contributed by atoms with E-state index < -0.39 is 0 Å². The van der Waals surface area contributed by atoms with Crippen LogP contribution in [-0.4, -0.2) is 47.8 Å². The van der Waals surface area contributed by atoms with E-state index in [-0.39, 0.29) is 17.7 Å². The molecule has 0 bridgehead atoms. The van der Waals surface area contributed by atoms with Crippen LogP contribution in [0.1, 0.15) is 39.5 Å². The molecule has 4 nitrogen and oxygen atoms in total. The van der Waals surface area contributed by atoms with Crippen LogP contribution in [-0.2, 0) is 9.59 Å². The summed E-state index contributed by atoms with van der Waals surface area (Å²) in [5, 5.41) is 0. The minimum Gasteiger partial charge on any atom is -0.342 e. The van der Waals surface area contributed by atoms with Crippen molar-refractivity contribution in [2.45, 2.75) is 39.5 Å². The SMILES string of the molecule is CCCN1C[C@@H](C(=O)N2CCC[C@@H](C)C2)CC1=O. The molecular formula is C14H24N2O2. The second-order valence-corrected chi connectivity index (χ2v) is 5.77. The van der Waals surface area contributed by atoms with Crippen molar-refractivity contribution in [2.75, 3.05) is 26.2 Å². The van der Waals surface area contributed by atoms with E-state index in [1.165, 1.54) is 6.42 Å². The van der Waals surface area contributed by atoms with E-state index in [2.05, 4.69) is 13.8 Å². The van der Waals surface area contributed by atoms with Crippen LogP contribution in [0.5, 0.6) is 0 Å². The third kappa shape index (κ3) is 2.85. The first kappa shape index (κ1) is 13.4. The standard InChI is InChI=1S/C14H24N2O2/c1-3-6-15-10-12(8-13(15)17)14(18)16-7-4-5-11(2)9-16/h11-12H,3-10H2,1-2H3/t11-,12+/m1/s1. The number of hydrogen-bond donors (Lipinski definition) is 0. The lowest BCUT2D eigenvalue weighted by Crippen LogP contribution is -2.43. The highest BCUT2D eigenvalue weighted by Gasteiger charge is 2.36. The van der Waals surface area contributed by atoms with Gasteiger partial charge in [-0.1, -0.05) is 13.8 Å². The van der Waals surface area contributed by atoms with Crippen LogP contribution in [0.3, 0.4) is 0 Å². The lowest BCUT2D eigenvalue weighted by atomic mass is 9.98. The van der Waals surface area contributed by atoms with E-state index in [4.69, 9.17) is 0 Å². The van der Waals surface area contributed by atoms with E-state index in [1.54, 1.807) is 0 Å². The van der Waals surface area contributed by atoms with Gasteiger partial charge in [0, 0.05) is 32.6 Å².